The van der Waals surface area contributed by atoms with Crippen LogP contribution in [0.2, 0.25) is 0 Å². The molecule has 0 bridgehead atoms. The second-order valence-corrected chi connectivity index (χ2v) is 3.27. The largest absolute Gasteiger partial charge is 0.468 e. The fourth-order valence-electron chi connectivity index (χ4n) is 0.835. The van der Waals surface area contributed by atoms with Crippen LogP contribution >= 0.6 is 15.9 Å². The van der Waals surface area contributed by atoms with E-state index in [1.807, 2.05) is 0 Å². The molecule has 1 fully saturated rings. The molecule has 0 amide bonds. The number of rotatable bonds is 2. The standard InChI is InChI=1S/C7H7BrN2O2/c8-6-1-9-2-7(10-6)12-5-3-11-4-5/h1-2,5H,3-4H2. The van der Waals surface area contributed by atoms with Crippen molar-refractivity contribution in [2.24, 2.45) is 0 Å². The zero-order chi connectivity index (χ0) is 8.39. The van der Waals surface area contributed by atoms with Gasteiger partial charge in [0.15, 0.2) is 0 Å². The summed E-state index contributed by atoms with van der Waals surface area (Å²) in [6, 6.07) is 0. The SMILES string of the molecule is Brc1cncc(OC2COC2)n1. The van der Waals surface area contributed by atoms with Crippen LogP contribution in [0.3, 0.4) is 0 Å². The lowest BCUT2D eigenvalue weighted by atomic mass is 10.3. The molecule has 4 nitrogen and oxygen atoms in total. The average molecular weight is 231 g/mol. The summed E-state index contributed by atoms with van der Waals surface area (Å²) in [5.41, 5.74) is 0. The number of aromatic nitrogens is 2. The Labute approximate surface area is 78.1 Å². The summed E-state index contributed by atoms with van der Waals surface area (Å²) in [6.45, 7) is 1.29. The summed E-state index contributed by atoms with van der Waals surface area (Å²) >= 11 is 3.21. The van der Waals surface area contributed by atoms with Gasteiger partial charge in [-0.1, -0.05) is 0 Å². The molecule has 0 saturated carbocycles. The molecular formula is C7H7BrN2O2. The molecule has 0 spiro atoms. The van der Waals surface area contributed by atoms with Crippen LogP contribution in [0, 0.1) is 0 Å². The Bertz CT molecular complexity index is 278. The zero-order valence-corrected chi connectivity index (χ0v) is 7.82. The number of hydrogen-bond donors (Lipinski definition) is 0. The van der Waals surface area contributed by atoms with Gasteiger partial charge < -0.3 is 9.47 Å². The second kappa shape index (κ2) is 3.37. The molecule has 1 aliphatic rings. The molecule has 0 N–H and O–H groups in total. The fraction of sp³-hybridized carbons (Fsp3) is 0.429. The molecule has 1 saturated heterocycles. The van der Waals surface area contributed by atoms with Crippen molar-refractivity contribution in [3.8, 4) is 5.88 Å². The van der Waals surface area contributed by atoms with Gasteiger partial charge in [0.25, 0.3) is 0 Å². The highest BCUT2D eigenvalue weighted by Crippen LogP contribution is 2.14. The van der Waals surface area contributed by atoms with Crippen molar-refractivity contribution in [3.05, 3.63) is 17.0 Å². The van der Waals surface area contributed by atoms with Crippen LogP contribution in [0.4, 0.5) is 0 Å². The lowest BCUT2D eigenvalue weighted by Crippen LogP contribution is -2.38. The summed E-state index contributed by atoms with van der Waals surface area (Å²) < 4.78 is 11.0. The van der Waals surface area contributed by atoms with Gasteiger partial charge in [0, 0.05) is 0 Å². The highest BCUT2D eigenvalue weighted by molar-refractivity contribution is 9.10. The van der Waals surface area contributed by atoms with Crippen LogP contribution in [-0.4, -0.2) is 29.3 Å². The van der Waals surface area contributed by atoms with E-state index >= 15 is 0 Å². The molecule has 0 aliphatic carbocycles. The lowest BCUT2D eigenvalue weighted by molar-refractivity contribution is -0.0815. The maximum absolute atomic E-state index is 5.40. The minimum atomic E-state index is 0.147. The van der Waals surface area contributed by atoms with Crippen molar-refractivity contribution in [1.29, 1.82) is 0 Å². The van der Waals surface area contributed by atoms with Crippen LogP contribution in [-0.2, 0) is 4.74 Å². The minimum absolute atomic E-state index is 0.147. The van der Waals surface area contributed by atoms with E-state index in [4.69, 9.17) is 9.47 Å². The highest BCUT2D eigenvalue weighted by Gasteiger charge is 2.20. The van der Waals surface area contributed by atoms with Gasteiger partial charge >= 0.3 is 0 Å². The Morgan fingerprint density at radius 3 is 2.92 bits per heavy atom. The third-order valence-electron chi connectivity index (χ3n) is 1.48. The monoisotopic (exact) mass is 230 g/mol. The molecule has 1 aromatic rings. The first-order chi connectivity index (χ1) is 5.84. The molecule has 5 heteroatoms. The van der Waals surface area contributed by atoms with Crippen LogP contribution in [0.1, 0.15) is 0 Å². The zero-order valence-electron chi connectivity index (χ0n) is 6.24. The number of halogens is 1. The van der Waals surface area contributed by atoms with Gasteiger partial charge in [-0.25, -0.2) is 4.98 Å². The van der Waals surface area contributed by atoms with Crippen molar-refractivity contribution >= 4 is 15.9 Å². The van der Waals surface area contributed by atoms with Gasteiger partial charge in [-0.3, -0.25) is 4.98 Å². The molecule has 2 rings (SSSR count). The fourth-order valence-corrected chi connectivity index (χ4v) is 1.13. The van der Waals surface area contributed by atoms with Crippen molar-refractivity contribution in [2.75, 3.05) is 13.2 Å². The van der Waals surface area contributed by atoms with E-state index in [0.29, 0.717) is 23.7 Å². The molecule has 0 radical (unpaired) electrons. The van der Waals surface area contributed by atoms with E-state index in [9.17, 15) is 0 Å². The maximum Gasteiger partial charge on any atom is 0.233 e. The Morgan fingerprint density at radius 2 is 2.33 bits per heavy atom. The Morgan fingerprint density at radius 1 is 1.50 bits per heavy atom. The smallest absolute Gasteiger partial charge is 0.233 e. The first-order valence-electron chi connectivity index (χ1n) is 3.56. The van der Waals surface area contributed by atoms with Gasteiger partial charge in [0.1, 0.15) is 10.7 Å². The lowest BCUT2D eigenvalue weighted by Gasteiger charge is -2.25. The van der Waals surface area contributed by atoms with E-state index in [0.717, 1.165) is 0 Å². The third kappa shape index (κ3) is 1.73. The van der Waals surface area contributed by atoms with E-state index in [1.54, 1.807) is 12.4 Å². The first kappa shape index (κ1) is 7.94. The summed E-state index contributed by atoms with van der Waals surface area (Å²) in [4.78, 5) is 7.99. The van der Waals surface area contributed by atoms with Crippen molar-refractivity contribution < 1.29 is 9.47 Å². The molecule has 2 heterocycles. The molecular weight excluding hydrogens is 224 g/mol. The van der Waals surface area contributed by atoms with Gasteiger partial charge in [0.05, 0.1) is 25.6 Å². The predicted octanol–water partition coefficient (Wildman–Crippen LogP) is 1.02. The molecule has 1 aromatic heterocycles. The average Bonchev–Trinajstić information content (AvgIpc) is 1.97. The summed E-state index contributed by atoms with van der Waals surface area (Å²) in [7, 11) is 0. The quantitative estimate of drug-likeness (QED) is 0.762. The topological polar surface area (TPSA) is 44.2 Å². The minimum Gasteiger partial charge on any atom is -0.468 e. The summed E-state index contributed by atoms with van der Waals surface area (Å²) in [5, 5.41) is 0. The Balaban J connectivity index is 2.02. The van der Waals surface area contributed by atoms with Gasteiger partial charge in [-0.15, -0.1) is 0 Å². The normalized spacial score (nSPS) is 17.1. The number of ether oxygens (including phenoxy) is 2. The molecule has 12 heavy (non-hydrogen) atoms. The molecule has 64 valence electrons. The first-order valence-corrected chi connectivity index (χ1v) is 4.36. The molecule has 0 aromatic carbocycles. The summed E-state index contributed by atoms with van der Waals surface area (Å²) in [6.07, 6.45) is 3.35. The third-order valence-corrected chi connectivity index (χ3v) is 1.86. The van der Waals surface area contributed by atoms with E-state index in [-0.39, 0.29) is 6.10 Å². The maximum atomic E-state index is 5.40. The molecule has 1 aliphatic heterocycles. The van der Waals surface area contributed by atoms with E-state index in [1.165, 1.54) is 0 Å². The Hall–Kier alpha value is -0.680. The number of nitrogens with zero attached hydrogens (tertiary/aromatic N) is 2. The molecule has 0 unspecified atom stereocenters. The summed E-state index contributed by atoms with van der Waals surface area (Å²) in [5.74, 6) is 0.540. The van der Waals surface area contributed by atoms with Crippen molar-refractivity contribution in [3.63, 3.8) is 0 Å². The predicted molar refractivity (Wildman–Crippen MR) is 45.0 cm³/mol. The Kier molecular flexibility index (Phi) is 2.23. The number of hydrogen-bond acceptors (Lipinski definition) is 4. The van der Waals surface area contributed by atoms with E-state index < -0.39 is 0 Å². The van der Waals surface area contributed by atoms with Gasteiger partial charge in [0.2, 0.25) is 5.88 Å². The van der Waals surface area contributed by atoms with Crippen molar-refractivity contribution in [2.45, 2.75) is 6.10 Å². The van der Waals surface area contributed by atoms with Gasteiger partial charge in [-0.2, -0.15) is 0 Å². The van der Waals surface area contributed by atoms with Crippen LogP contribution < -0.4 is 4.74 Å². The van der Waals surface area contributed by atoms with Crippen LogP contribution in [0.15, 0.2) is 17.0 Å². The van der Waals surface area contributed by atoms with Crippen molar-refractivity contribution in [1.82, 2.24) is 9.97 Å². The second-order valence-electron chi connectivity index (χ2n) is 2.46. The van der Waals surface area contributed by atoms with Crippen LogP contribution in [0.25, 0.3) is 0 Å². The van der Waals surface area contributed by atoms with E-state index in [2.05, 4.69) is 25.9 Å². The van der Waals surface area contributed by atoms with Crippen LogP contribution in [0.5, 0.6) is 5.88 Å². The highest BCUT2D eigenvalue weighted by atomic mass is 79.9. The van der Waals surface area contributed by atoms with Gasteiger partial charge in [-0.05, 0) is 15.9 Å². The molecule has 0 atom stereocenters.